The van der Waals surface area contributed by atoms with Crippen molar-refractivity contribution in [2.75, 3.05) is 0 Å². The Morgan fingerprint density at radius 2 is 1.76 bits per heavy atom. The topological polar surface area (TPSA) is 27.1 Å². The first-order valence-electron chi connectivity index (χ1n) is 6.46. The van der Waals surface area contributed by atoms with Crippen molar-refractivity contribution in [2.24, 2.45) is 7.05 Å². The fraction of sp³-hybridized carbons (Fsp3) is 0.400. The molecule has 0 aliphatic carbocycles. The van der Waals surface area contributed by atoms with Crippen LogP contribution >= 0.6 is 0 Å². The predicted molar refractivity (Wildman–Crippen MR) is 74.0 cm³/mol. The molecule has 0 saturated carbocycles. The monoisotopic (exact) mass is 298 g/mol. The van der Waals surface area contributed by atoms with Gasteiger partial charge in [-0.15, -0.1) is 0 Å². The standard InChI is InChI=1S/C15H17F3N2O/c1-14(2,3)21-10-5-6-11(12(9-10)15(16,17)18)13-7-8-19-20(13)4/h5-9H,1-4H3. The minimum absolute atomic E-state index is 0.0868. The van der Waals surface area contributed by atoms with Crippen molar-refractivity contribution in [3.8, 4) is 17.0 Å². The zero-order chi connectivity index (χ0) is 15.8. The number of hydrogen-bond donors (Lipinski definition) is 0. The Bertz CT molecular complexity index is 639. The van der Waals surface area contributed by atoms with Gasteiger partial charge in [0.15, 0.2) is 0 Å². The molecule has 0 aliphatic heterocycles. The number of ether oxygens (including phenoxy) is 1. The highest BCUT2D eigenvalue weighted by Crippen LogP contribution is 2.39. The summed E-state index contributed by atoms with van der Waals surface area (Å²) in [6, 6.07) is 5.55. The Kier molecular flexibility index (Phi) is 3.74. The summed E-state index contributed by atoms with van der Waals surface area (Å²) in [7, 11) is 1.61. The molecule has 1 aromatic carbocycles. The van der Waals surface area contributed by atoms with Crippen LogP contribution in [0.25, 0.3) is 11.3 Å². The van der Waals surface area contributed by atoms with Gasteiger partial charge in [-0.25, -0.2) is 0 Å². The molecule has 6 heteroatoms. The number of aromatic nitrogens is 2. The van der Waals surface area contributed by atoms with E-state index in [4.69, 9.17) is 4.74 Å². The number of hydrogen-bond acceptors (Lipinski definition) is 2. The number of alkyl halides is 3. The van der Waals surface area contributed by atoms with Gasteiger partial charge in [0.05, 0.1) is 11.3 Å². The lowest BCUT2D eigenvalue weighted by Gasteiger charge is -2.23. The Labute approximate surface area is 121 Å². The molecule has 0 fully saturated rings. The Balaban J connectivity index is 2.55. The first-order chi connectivity index (χ1) is 9.58. The van der Waals surface area contributed by atoms with Gasteiger partial charge in [0.2, 0.25) is 0 Å². The van der Waals surface area contributed by atoms with Crippen molar-refractivity contribution in [3.05, 3.63) is 36.0 Å². The minimum Gasteiger partial charge on any atom is -0.488 e. The van der Waals surface area contributed by atoms with Crippen LogP contribution < -0.4 is 4.74 Å². The van der Waals surface area contributed by atoms with Gasteiger partial charge in [0.25, 0.3) is 0 Å². The smallest absolute Gasteiger partial charge is 0.417 e. The highest BCUT2D eigenvalue weighted by molar-refractivity contribution is 5.66. The average molecular weight is 298 g/mol. The fourth-order valence-corrected chi connectivity index (χ4v) is 2.04. The first-order valence-corrected chi connectivity index (χ1v) is 6.46. The summed E-state index contributed by atoms with van der Waals surface area (Å²) in [6.45, 7) is 5.36. The second kappa shape index (κ2) is 5.09. The van der Waals surface area contributed by atoms with E-state index in [1.807, 2.05) is 0 Å². The zero-order valence-corrected chi connectivity index (χ0v) is 12.3. The number of nitrogens with zero attached hydrogens (tertiary/aromatic N) is 2. The van der Waals surface area contributed by atoms with Crippen LogP contribution in [0.15, 0.2) is 30.5 Å². The van der Waals surface area contributed by atoms with E-state index < -0.39 is 17.3 Å². The molecule has 1 heterocycles. The molecule has 0 aliphatic rings. The van der Waals surface area contributed by atoms with Crippen LogP contribution in [0.3, 0.4) is 0 Å². The van der Waals surface area contributed by atoms with Crippen molar-refractivity contribution >= 4 is 0 Å². The molecule has 0 bridgehead atoms. The van der Waals surface area contributed by atoms with Crippen LogP contribution in [-0.4, -0.2) is 15.4 Å². The third-order valence-electron chi connectivity index (χ3n) is 2.82. The first kappa shape index (κ1) is 15.4. The second-order valence-corrected chi connectivity index (χ2v) is 5.76. The van der Waals surface area contributed by atoms with Crippen molar-refractivity contribution in [1.29, 1.82) is 0 Å². The van der Waals surface area contributed by atoms with Crippen molar-refractivity contribution in [3.63, 3.8) is 0 Å². The largest absolute Gasteiger partial charge is 0.488 e. The molecule has 1 aromatic heterocycles. The Morgan fingerprint density at radius 3 is 2.24 bits per heavy atom. The highest BCUT2D eigenvalue weighted by atomic mass is 19.4. The molecule has 0 N–H and O–H groups in total. The molecule has 0 saturated heterocycles. The maximum atomic E-state index is 13.3. The van der Waals surface area contributed by atoms with Crippen LogP contribution in [-0.2, 0) is 13.2 Å². The van der Waals surface area contributed by atoms with Gasteiger partial charge in [0, 0.05) is 18.8 Å². The second-order valence-electron chi connectivity index (χ2n) is 5.76. The summed E-state index contributed by atoms with van der Waals surface area (Å²) in [4.78, 5) is 0. The summed E-state index contributed by atoms with van der Waals surface area (Å²) in [5.74, 6) is 0.195. The van der Waals surface area contributed by atoms with Crippen molar-refractivity contribution in [1.82, 2.24) is 9.78 Å². The highest BCUT2D eigenvalue weighted by Gasteiger charge is 2.35. The summed E-state index contributed by atoms with van der Waals surface area (Å²) in [5.41, 5.74) is -0.794. The quantitative estimate of drug-likeness (QED) is 0.827. The summed E-state index contributed by atoms with van der Waals surface area (Å²) in [5, 5.41) is 3.92. The number of benzene rings is 1. The van der Waals surface area contributed by atoms with Gasteiger partial charge in [-0.05, 0) is 45.0 Å². The van der Waals surface area contributed by atoms with E-state index >= 15 is 0 Å². The van der Waals surface area contributed by atoms with Gasteiger partial charge in [-0.2, -0.15) is 18.3 Å². The Hall–Kier alpha value is -1.98. The van der Waals surface area contributed by atoms with E-state index in [2.05, 4.69) is 5.10 Å². The van der Waals surface area contributed by atoms with Crippen LogP contribution in [0, 0.1) is 0 Å². The van der Waals surface area contributed by atoms with Crippen LogP contribution in [0.2, 0.25) is 0 Å². The van der Waals surface area contributed by atoms with Gasteiger partial charge in [-0.1, -0.05) is 0 Å². The van der Waals surface area contributed by atoms with Crippen molar-refractivity contribution in [2.45, 2.75) is 32.5 Å². The van der Waals surface area contributed by atoms with Gasteiger partial charge < -0.3 is 4.74 Å². The van der Waals surface area contributed by atoms with Crippen LogP contribution in [0.1, 0.15) is 26.3 Å². The lowest BCUT2D eigenvalue weighted by molar-refractivity contribution is -0.137. The minimum atomic E-state index is -4.46. The van der Waals surface area contributed by atoms with Crippen LogP contribution in [0.5, 0.6) is 5.75 Å². The predicted octanol–water partition coefficient (Wildman–Crippen LogP) is 4.28. The molecular formula is C15H17F3N2O. The molecule has 21 heavy (non-hydrogen) atoms. The molecule has 0 unspecified atom stereocenters. The molecule has 0 spiro atoms. The summed E-state index contributed by atoms with van der Waals surface area (Å²) in [6.07, 6.45) is -2.99. The molecule has 2 aromatic rings. The lowest BCUT2D eigenvalue weighted by atomic mass is 10.0. The fourth-order valence-electron chi connectivity index (χ4n) is 2.04. The normalized spacial score (nSPS) is 12.5. The van der Waals surface area contributed by atoms with Gasteiger partial charge >= 0.3 is 6.18 Å². The number of halogens is 3. The molecule has 114 valence electrons. The third-order valence-corrected chi connectivity index (χ3v) is 2.82. The summed E-state index contributed by atoms with van der Waals surface area (Å²) >= 11 is 0. The van der Waals surface area contributed by atoms with Crippen LogP contribution in [0.4, 0.5) is 13.2 Å². The SMILES string of the molecule is Cn1nccc1-c1ccc(OC(C)(C)C)cc1C(F)(F)F. The molecule has 0 amide bonds. The molecule has 2 rings (SSSR count). The molecule has 0 atom stereocenters. The summed E-state index contributed by atoms with van der Waals surface area (Å²) < 4.78 is 46.8. The molecular weight excluding hydrogens is 281 g/mol. The lowest BCUT2D eigenvalue weighted by Crippen LogP contribution is -2.23. The van der Waals surface area contributed by atoms with E-state index in [-0.39, 0.29) is 11.3 Å². The third kappa shape index (κ3) is 3.56. The average Bonchev–Trinajstić information content (AvgIpc) is 2.72. The van der Waals surface area contributed by atoms with E-state index in [9.17, 15) is 13.2 Å². The Morgan fingerprint density at radius 1 is 1.10 bits per heavy atom. The van der Waals surface area contributed by atoms with Gasteiger partial charge in [0.1, 0.15) is 11.4 Å². The van der Waals surface area contributed by atoms with E-state index in [1.54, 1.807) is 40.0 Å². The van der Waals surface area contributed by atoms with Gasteiger partial charge in [-0.3, -0.25) is 4.68 Å². The van der Waals surface area contributed by atoms with E-state index in [0.29, 0.717) is 5.69 Å². The number of rotatable bonds is 2. The van der Waals surface area contributed by atoms with E-state index in [1.165, 1.54) is 16.9 Å². The maximum absolute atomic E-state index is 13.3. The molecule has 0 radical (unpaired) electrons. The zero-order valence-electron chi connectivity index (χ0n) is 12.3. The van der Waals surface area contributed by atoms with Crippen molar-refractivity contribution < 1.29 is 17.9 Å². The van der Waals surface area contributed by atoms with E-state index in [0.717, 1.165) is 6.07 Å². The maximum Gasteiger partial charge on any atom is 0.417 e. The molecule has 3 nitrogen and oxygen atoms in total. The number of aryl methyl sites for hydroxylation is 1.